The van der Waals surface area contributed by atoms with Crippen LogP contribution in [-0.4, -0.2) is 39.6 Å². The van der Waals surface area contributed by atoms with Crippen molar-refractivity contribution >= 4 is 11.4 Å². The molecule has 7 nitrogen and oxygen atoms in total. The predicted molar refractivity (Wildman–Crippen MR) is 139 cm³/mol. The number of nitrogens with zero attached hydrogens (tertiary/aromatic N) is 5. The van der Waals surface area contributed by atoms with Crippen LogP contribution in [0.2, 0.25) is 0 Å². The molecule has 0 unspecified atom stereocenters. The largest absolute Gasteiger partial charge is 0.395 e. The van der Waals surface area contributed by atoms with Crippen LogP contribution in [0.25, 0.3) is 11.4 Å². The molecular formula is C28H33N5O2. The third-order valence-electron chi connectivity index (χ3n) is 5.93. The average Bonchev–Trinajstić information content (AvgIpc) is 2.84. The van der Waals surface area contributed by atoms with Crippen LogP contribution in [0.3, 0.4) is 0 Å². The van der Waals surface area contributed by atoms with Gasteiger partial charge in [-0.3, -0.25) is 4.98 Å². The maximum Gasteiger partial charge on any atom is 0.160 e. The predicted octanol–water partition coefficient (Wildman–Crippen LogP) is 5.68. The fourth-order valence-electron chi connectivity index (χ4n) is 3.87. The summed E-state index contributed by atoms with van der Waals surface area (Å²) in [5, 5.41) is 8.73. The standard InChI is InChI=1S/C28H33N5O2/c1-19-10-6-7-13-23(19)27-29-16-22-12-9-15-25(26(22)31-27)33-35-18-28(4,5)17-34-32-21(3)24-14-8-11-20(2)30-24/h6-8,10-11,13-14,16H,9,12,15,17-18H2,1-5H3/b32-21+,33-25+. The Balaban J connectivity index is 1.40. The Morgan fingerprint density at radius 2 is 1.77 bits per heavy atom. The fourth-order valence-corrected chi connectivity index (χ4v) is 3.87. The van der Waals surface area contributed by atoms with Crippen molar-refractivity contribution in [2.24, 2.45) is 15.7 Å². The van der Waals surface area contributed by atoms with Gasteiger partial charge >= 0.3 is 0 Å². The number of fused-ring (bicyclic) bond motifs is 1. The molecule has 0 radical (unpaired) electrons. The lowest BCUT2D eigenvalue weighted by molar-refractivity contribution is -0.000158. The molecule has 0 bridgehead atoms. The van der Waals surface area contributed by atoms with E-state index in [0.29, 0.717) is 13.2 Å². The van der Waals surface area contributed by atoms with Crippen LogP contribution in [0.15, 0.2) is 59.0 Å². The van der Waals surface area contributed by atoms with Crippen molar-refractivity contribution < 1.29 is 9.68 Å². The van der Waals surface area contributed by atoms with Gasteiger partial charge in [-0.05, 0) is 63.3 Å². The van der Waals surface area contributed by atoms with Crippen molar-refractivity contribution in [1.82, 2.24) is 15.0 Å². The SMILES string of the molecule is C/C(=N\OCC(C)(C)CO/N=C1\CCCc2cnc(-c3ccccc3C)nc21)c1cccc(C)n1. The van der Waals surface area contributed by atoms with E-state index in [1.165, 1.54) is 0 Å². The molecule has 0 amide bonds. The van der Waals surface area contributed by atoms with Gasteiger partial charge in [0.1, 0.15) is 24.6 Å². The zero-order valence-corrected chi connectivity index (χ0v) is 21.2. The van der Waals surface area contributed by atoms with Gasteiger partial charge in [0.25, 0.3) is 0 Å². The van der Waals surface area contributed by atoms with E-state index in [4.69, 9.17) is 14.7 Å². The molecule has 0 atom stereocenters. The first-order chi connectivity index (χ1) is 16.8. The van der Waals surface area contributed by atoms with Gasteiger partial charge < -0.3 is 9.68 Å². The summed E-state index contributed by atoms with van der Waals surface area (Å²) in [7, 11) is 0. The summed E-state index contributed by atoms with van der Waals surface area (Å²) in [6.45, 7) is 10.9. The summed E-state index contributed by atoms with van der Waals surface area (Å²) in [4.78, 5) is 25.4. The summed E-state index contributed by atoms with van der Waals surface area (Å²) in [5.41, 5.74) is 7.31. The molecule has 182 valence electrons. The number of pyridine rings is 1. The lowest BCUT2D eigenvalue weighted by Crippen LogP contribution is -2.24. The first-order valence-electron chi connectivity index (χ1n) is 12.0. The zero-order chi connectivity index (χ0) is 24.8. The van der Waals surface area contributed by atoms with E-state index in [-0.39, 0.29) is 5.41 Å². The fraction of sp³-hybridized carbons (Fsp3) is 0.393. The Hall–Kier alpha value is -3.61. The molecule has 0 spiro atoms. The number of oxime groups is 2. The molecule has 3 aromatic rings. The molecule has 2 aromatic heterocycles. The number of aryl methyl sites for hydroxylation is 3. The van der Waals surface area contributed by atoms with Crippen molar-refractivity contribution in [3.63, 3.8) is 0 Å². The quantitative estimate of drug-likeness (QED) is 0.312. The van der Waals surface area contributed by atoms with Crippen molar-refractivity contribution in [1.29, 1.82) is 0 Å². The Morgan fingerprint density at radius 1 is 0.971 bits per heavy atom. The van der Waals surface area contributed by atoms with Gasteiger partial charge in [-0.15, -0.1) is 0 Å². The monoisotopic (exact) mass is 471 g/mol. The second kappa shape index (κ2) is 10.8. The highest BCUT2D eigenvalue weighted by atomic mass is 16.6. The second-order valence-electron chi connectivity index (χ2n) is 9.83. The second-order valence-corrected chi connectivity index (χ2v) is 9.83. The molecule has 0 aliphatic heterocycles. The highest BCUT2D eigenvalue weighted by Crippen LogP contribution is 2.25. The summed E-state index contributed by atoms with van der Waals surface area (Å²) in [6.07, 6.45) is 4.73. The van der Waals surface area contributed by atoms with E-state index in [1.54, 1.807) is 0 Å². The van der Waals surface area contributed by atoms with E-state index in [1.807, 2.05) is 50.4 Å². The summed E-state index contributed by atoms with van der Waals surface area (Å²) >= 11 is 0. The van der Waals surface area contributed by atoms with Gasteiger partial charge in [0, 0.05) is 22.9 Å². The van der Waals surface area contributed by atoms with Crippen molar-refractivity contribution in [2.75, 3.05) is 13.2 Å². The van der Waals surface area contributed by atoms with E-state index in [0.717, 1.165) is 70.3 Å². The molecule has 0 saturated heterocycles. The van der Waals surface area contributed by atoms with Crippen LogP contribution < -0.4 is 0 Å². The maximum atomic E-state index is 5.81. The van der Waals surface area contributed by atoms with Crippen molar-refractivity contribution in [2.45, 2.75) is 53.9 Å². The Labute approximate surface area is 207 Å². The molecule has 35 heavy (non-hydrogen) atoms. The van der Waals surface area contributed by atoms with Crippen LogP contribution >= 0.6 is 0 Å². The molecule has 7 heteroatoms. The normalized spacial score (nSPS) is 15.1. The molecule has 2 heterocycles. The lowest BCUT2D eigenvalue weighted by atomic mass is 9.95. The number of hydrogen-bond acceptors (Lipinski definition) is 7. The van der Waals surface area contributed by atoms with Crippen LogP contribution in [0.1, 0.15) is 61.8 Å². The molecule has 1 aliphatic rings. The molecule has 0 saturated carbocycles. The van der Waals surface area contributed by atoms with Crippen LogP contribution in [0.5, 0.6) is 0 Å². The number of rotatable bonds is 8. The third kappa shape index (κ3) is 6.29. The average molecular weight is 472 g/mol. The van der Waals surface area contributed by atoms with Gasteiger partial charge in [-0.25, -0.2) is 9.97 Å². The number of aromatic nitrogens is 3. The van der Waals surface area contributed by atoms with Crippen LogP contribution in [0.4, 0.5) is 0 Å². The molecule has 0 fully saturated rings. The molecule has 4 rings (SSSR count). The minimum Gasteiger partial charge on any atom is -0.395 e. The van der Waals surface area contributed by atoms with Gasteiger partial charge in [-0.2, -0.15) is 0 Å². The molecular weight excluding hydrogens is 438 g/mol. The van der Waals surface area contributed by atoms with Gasteiger partial charge in [-0.1, -0.05) is 54.5 Å². The van der Waals surface area contributed by atoms with Gasteiger partial charge in [0.2, 0.25) is 0 Å². The summed E-state index contributed by atoms with van der Waals surface area (Å²) in [5.74, 6) is 0.724. The van der Waals surface area contributed by atoms with Gasteiger partial charge in [0.05, 0.1) is 11.4 Å². The molecule has 0 N–H and O–H groups in total. The van der Waals surface area contributed by atoms with Crippen molar-refractivity contribution in [3.05, 3.63) is 76.9 Å². The summed E-state index contributed by atoms with van der Waals surface area (Å²) < 4.78 is 0. The molecule has 1 aliphatic carbocycles. The number of hydrogen-bond donors (Lipinski definition) is 0. The summed E-state index contributed by atoms with van der Waals surface area (Å²) in [6, 6.07) is 14.0. The minimum atomic E-state index is -0.274. The Kier molecular flexibility index (Phi) is 7.54. The Bertz CT molecular complexity index is 1250. The van der Waals surface area contributed by atoms with Crippen LogP contribution in [0, 0.1) is 19.3 Å². The Morgan fingerprint density at radius 3 is 2.57 bits per heavy atom. The topological polar surface area (TPSA) is 81.9 Å². The zero-order valence-electron chi connectivity index (χ0n) is 21.2. The minimum absolute atomic E-state index is 0.274. The molecule has 1 aromatic carbocycles. The maximum absolute atomic E-state index is 5.81. The highest BCUT2D eigenvalue weighted by Gasteiger charge is 2.23. The first-order valence-corrected chi connectivity index (χ1v) is 12.0. The number of benzene rings is 1. The van der Waals surface area contributed by atoms with Gasteiger partial charge in [0.15, 0.2) is 5.82 Å². The van der Waals surface area contributed by atoms with E-state index in [2.05, 4.69) is 53.2 Å². The lowest BCUT2D eigenvalue weighted by Gasteiger charge is -2.22. The first kappa shape index (κ1) is 24.5. The van der Waals surface area contributed by atoms with E-state index < -0.39 is 0 Å². The third-order valence-corrected chi connectivity index (χ3v) is 5.93. The highest BCUT2D eigenvalue weighted by molar-refractivity contribution is 6.01. The van der Waals surface area contributed by atoms with E-state index >= 15 is 0 Å². The van der Waals surface area contributed by atoms with Crippen molar-refractivity contribution in [3.8, 4) is 11.4 Å². The smallest absolute Gasteiger partial charge is 0.160 e. The van der Waals surface area contributed by atoms with E-state index in [9.17, 15) is 0 Å². The van der Waals surface area contributed by atoms with Crippen LogP contribution in [-0.2, 0) is 16.1 Å².